The molecule has 0 aromatic rings. The molecule has 0 fully saturated rings. The van der Waals surface area contributed by atoms with Crippen molar-refractivity contribution in [3.05, 3.63) is 0 Å². The van der Waals surface area contributed by atoms with E-state index in [1.54, 1.807) is 0 Å². The Labute approximate surface area is 201 Å². The molecular weight excluding hydrogens is 380 g/mol. The average Bonchev–Trinajstić information content (AvgIpc) is 2.48. The zero-order chi connectivity index (χ0) is 18.4. The molecule has 0 aromatic carbocycles. The Morgan fingerprint density at radius 3 is 1.69 bits per heavy atom. The first kappa shape index (κ1) is 31.5. The fourth-order valence-corrected chi connectivity index (χ4v) is 3.10. The molecule has 0 aliphatic heterocycles. The Morgan fingerprint density at radius 1 is 0.885 bits per heavy atom. The van der Waals surface area contributed by atoms with Gasteiger partial charge in [-0.2, -0.15) is 0 Å². The number of amides is 1. The van der Waals surface area contributed by atoms with E-state index in [0.29, 0.717) is 6.42 Å². The van der Waals surface area contributed by atoms with E-state index in [2.05, 4.69) is 12.2 Å². The van der Waals surface area contributed by atoms with Crippen molar-refractivity contribution in [1.29, 1.82) is 0 Å². The molecule has 0 heterocycles. The van der Waals surface area contributed by atoms with Gasteiger partial charge >= 0.3 is 59.1 Å². The summed E-state index contributed by atoms with van der Waals surface area (Å²) in [6.45, 7) is 2.42. The zero-order valence-corrected chi connectivity index (χ0v) is 21.2. The van der Waals surface area contributed by atoms with Crippen LogP contribution in [0, 0.1) is 0 Å². The molecule has 0 spiro atoms. The molecular formula is C16H29NNa2O6S. The molecule has 1 atom stereocenters. The monoisotopic (exact) mass is 409 g/mol. The summed E-state index contributed by atoms with van der Waals surface area (Å²) in [5.41, 5.74) is 0. The van der Waals surface area contributed by atoms with Crippen LogP contribution in [0.4, 0.5) is 0 Å². The Balaban J connectivity index is -0.00000264. The van der Waals surface area contributed by atoms with Gasteiger partial charge in [-0.3, -0.25) is 4.79 Å². The Morgan fingerprint density at radius 2 is 1.31 bits per heavy atom. The SMILES string of the molecule is CCCCCCCCCCCCNC(=O)C(CC(=O)[O-])S(=O)(=O)[O-].[Na+].[Na+]. The number of carbonyl (C=O) groups excluding carboxylic acids is 2. The standard InChI is InChI=1S/C16H31NO6S.2Na/c1-2-3-4-5-6-7-8-9-10-11-12-17-16(20)14(13-15(18)19)24(21,22)23;;/h14H,2-13H2,1H3,(H,17,20)(H,18,19)(H,21,22,23);;/q;2*+1/p-2. The third-order valence-electron chi connectivity index (χ3n) is 3.82. The van der Waals surface area contributed by atoms with Gasteiger partial charge in [-0.15, -0.1) is 0 Å². The topological polar surface area (TPSA) is 126 Å². The second-order valence-electron chi connectivity index (χ2n) is 6.03. The Hall–Kier alpha value is 0.850. The number of unbranched alkanes of at least 4 members (excludes halogenated alkanes) is 9. The average molecular weight is 409 g/mol. The molecule has 1 N–H and O–H groups in total. The summed E-state index contributed by atoms with van der Waals surface area (Å²) in [7, 11) is -5.01. The van der Waals surface area contributed by atoms with Gasteiger partial charge in [-0.05, 0) is 6.42 Å². The van der Waals surface area contributed by atoms with Crippen molar-refractivity contribution in [2.45, 2.75) is 82.8 Å². The van der Waals surface area contributed by atoms with Gasteiger partial charge in [0.05, 0.1) is 0 Å². The maximum atomic E-state index is 11.6. The van der Waals surface area contributed by atoms with E-state index in [1.807, 2.05) is 0 Å². The number of carboxylic acids is 1. The first-order valence-corrected chi connectivity index (χ1v) is 10.2. The third-order valence-corrected chi connectivity index (χ3v) is 4.90. The smallest absolute Gasteiger partial charge is 0.747 e. The van der Waals surface area contributed by atoms with E-state index < -0.39 is 33.7 Å². The molecule has 26 heavy (non-hydrogen) atoms. The van der Waals surface area contributed by atoms with Gasteiger partial charge in [0.2, 0.25) is 5.91 Å². The largest absolute Gasteiger partial charge is 1.00 e. The molecule has 0 aliphatic carbocycles. The van der Waals surface area contributed by atoms with Crippen LogP contribution in [0.5, 0.6) is 0 Å². The molecule has 1 unspecified atom stereocenters. The fraction of sp³-hybridized carbons (Fsp3) is 0.875. The maximum Gasteiger partial charge on any atom is 1.00 e. The van der Waals surface area contributed by atoms with Crippen LogP contribution < -0.4 is 69.5 Å². The number of rotatable bonds is 15. The van der Waals surface area contributed by atoms with Gasteiger partial charge in [-0.25, -0.2) is 8.42 Å². The summed E-state index contributed by atoms with van der Waals surface area (Å²) in [5, 5.41) is 10.6. The van der Waals surface area contributed by atoms with E-state index in [-0.39, 0.29) is 65.7 Å². The van der Waals surface area contributed by atoms with E-state index in [4.69, 9.17) is 0 Å². The maximum absolute atomic E-state index is 11.6. The van der Waals surface area contributed by atoms with E-state index in [0.717, 1.165) is 19.3 Å². The minimum atomic E-state index is -5.01. The molecule has 0 bridgehead atoms. The van der Waals surface area contributed by atoms with Crippen LogP contribution >= 0.6 is 0 Å². The molecule has 0 aromatic heterocycles. The number of carboxylic acid groups (broad SMARTS) is 1. The van der Waals surface area contributed by atoms with Gasteiger partial charge < -0.3 is 19.8 Å². The van der Waals surface area contributed by atoms with Crippen LogP contribution in [0.3, 0.4) is 0 Å². The number of nitrogens with one attached hydrogen (secondary N) is 1. The molecule has 0 saturated heterocycles. The van der Waals surface area contributed by atoms with Gasteiger partial charge in [0, 0.05) is 18.9 Å². The Bertz CT molecular complexity index is 473. The van der Waals surface area contributed by atoms with Gasteiger partial charge in [0.25, 0.3) is 0 Å². The van der Waals surface area contributed by atoms with Crippen molar-refractivity contribution >= 4 is 22.0 Å². The van der Waals surface area contributed by atoms with Crippen LogP contribution in [0.1, 0.15) is 77.6 Å². The van der Waals surface area contributed by atoms with Crippen molar-refractivity contribution in [1.82, 2.24) is 5.32 Å². The van der Waals surface area contributed by atoms with Crippen LogP contribution in [-0.4, -0.2) is 36.6 Å². The minimum absolute atomic E-state index is 0. The number of hydrogen-bond donors (Lipinski definition) is 1. The third kappa shape index (κ3) is 18.2. The predicted octanol–water partition coefficient (Wildman–Crippen LogP) is -4.91. The first-order valence-electron chi connectivity index (χ1n) is 8.71. The molecule has 0 radical (unpaired) electrons. The first-order chi connectivity index (χ1) is 11.3. The van der Waals surface area contributed by atoms with Crippen molar-refractivity contribution in [3.8, 4) is 0 Å². The summed E-state index contributed by atoms with van der Waals surface area (Å²) in [6.07, 6.45) is 10.1. The normalized spacial score (nSPS) is 11.8. The summed E-state index contributed by atoms with van der Waals surface area (Å²) in [6, 6.07) is 0. The second-order valence-corrected chi connectivity index (χ2v) is 7.59. The molecule has 7 nitrogen and oxygen atoms in total. The van der Waals surface area contributed by atoms with Crippen LogP contribution in [0.15, 0.2) is 0 Å². The van der Waals surface area contributed by atoms with Crippen molar-refractivity contribution in [3.63, 3.8) is 0 Å². The van der Waals surface area contributed by atoms with Gasteiger partial charge in [0.1, 0.15) is 15.4 Å². The number of carbonyl (C=O) groups is 2. The van der Waals surface area contributed by atoms with E-state index in [1.165, 1.54) is 38.5 Å². The van der Waals surface area contributed by atoms with Crippen molar-refractivity contribution in [2.75, 3.05) is 6.54 Å². The fourth-order valence-electron chi connectivity index (χ4n) is 2.42. The van der Waals surface area contributed by atoms with E-state index >= 15 is 0 Å². The summed E-state index contributed by atoms with van der Waals surface area (Å²) in [4.78, 5) is 22.0. The molecule has 0 rings (SSSR count). The van der Waals surface area contributed by atoms with Crippen molar-refractivity contribution < 1.29 is 86.8 Å². The van der Waals surface area contributed by atoms with Gasteiger partial charge in [-0.1, -0.05) is 64.7 Å². The minimum Gasteiger partial charge on any atom is -0.747 e. The zero-order valence-electron chi connectivity index (χ0n) is 16.4. The molecule has 142 valence electrons. The summed E-state index contributed by atoms with van der Waals surface area (Å²) < 4.78 is 32.7. The van der Waals surface area contributed by atoms with Crippen LogP contribution in [0.2, 0.25) is 0 Å². The predicted molar refractivity (Wildman–Crippen MR) is 88.0 cm³/mol. The molecule has 0 aliphatic rings. The van der Waals surface area contributed by atoms with Crippen LogP contribution in [-0.2, 0) is 19.7 Å². The Kier molecular flexibility index (Phi) is 23.3. The quantitative estimate of drug-likeness (QED) is 0.164. The van der Waals surface area contributed by atoms with Crippen molar-refractivity contribution in [2.24, 2.45) is 0 Å². The summed E-state index contributed by atoms with van der Waals surface area (Å²) >= 11 is 0. The van der Waals surface area contributed by atoms with E-state index in [9.17, 15) is 27.7 Å². The number of hydrogen-bond acceptors (Lipinski definition) is 6. The molecule has 10 heteroatoms. The van der Waals surface area contributed by atoms with Gasteiger partial charge in [0.15, 0.2) is 0 Å². The summed E-state index contributed by atoms with van der Waals surface area (Å²) in [5.74, 6) is -2.81. The molecule has 1 amide bonds. The molecule has 0 saturated carbocycles. The second kappa shape index (κ2) is 19.2. The van der Waals surface area contributed by atoms with Crippen LogP contribution in [0.25, 0.3) is 0 Å². The number of aliphatic carboxylic acids is 1.